The molecule has 0 atom stereocenters. The van der Waals surface area contributed by atoms with E-state index in [2.05, 4.69) is 5.16 Å². The number of benzene rings is 1. The molecule has 0 aliphatic rings. The first-order valence-corrected chi connectivity index (χ1v) is 4.51. The number of rotatable bonds is 4. The predicted octanol–water partition coefficient (Wildman–Crippen LogP) is 1.86. The number of nitrogens with two attached hydrogens (primary N) is 1. The largest absolute Gasteiger partial charge is 0.411 e. The van der Waals surface area contributed by atoms with Crippen LogP contribution in [0, 0.1) is 0 Å². The monoisotopic (exact) mass is 190 g/mol. The van der Waals surface area contributed by atoms with Crippen LogP contribution in [0.3, 0.4) is 0 Å². The van der Waals surface area contributed by atoms with Gasteiger partial charge in [0.2, 0.25) is 0 Å². The van der Waals surface area contributed by atoms with E-state index in [4.69, 9.17) is 10.9 Å². The van der Waals surface area contributed by atoms with Crippen molar-refractivity contribution in [2.45, 2.75) is 6.42 Å². The topological polar surface area (TPSA) is 58.6 Å². The molecule has 3 N–H and O–H groups in total. The molecule has 1 aromatic carbocycles. The molecule has 0 aromatic heterocycles. The molecule has 1 rings (SSSR count). The number of oxime groups is 1. The summed E-state index contributed by atoms with van der Waals surface area (Å²) in [6.07, 6.45) is 6.30. The van der Waals surface area contributed by atoms with Crippen LogP contribution in [0.25, 0.3) is 6.08 Å². The Hall–Kier alpha value is -1.61. The van der Waals surface area contributed by atoms with Crippen molar-refractivity contribution < 1.29 is 5.21 Å². The minimum Gasteiger partial charge on any atom is -0.411 e. The van der Waals surface area contributed by atoms with Crippen LogP contribution in [0.15, 0.2) is 35.5 Å². The molecule has 0 radical (unpaired) electrons. The van der Waals surface area contributed by atoms with Gasteiger partial charge < -0.3 is 10.9 Å². The molecular weight excluding hydrogens is 176 g/mol. The lowest BCUT2D eigenvalue weighted by atomic mass is 10.1. The Labute approximate surface area is 83.5 Å². The second-order valence-electron chi connectivity index (χ2n) is 2.89. The minimum absolute atomic E-state index is 0.661. The molecular formula is C11H14N2O. The standard InChI is InChI=1S/C11H14N2O/c12-7-2-1-4-10-5-3-6-11(8-10)9-13-14/h1,3-6,8-9,14H,2,7,12H2. The van der Waals surface area contributed by atoms with Gasteiger partial charge in [-0.1, -0.05) is 35.5 Å². The van der Waals surface area contributed by atoms with Crippen LogP contribution in [0.1, 0.15) is 17.5 Å². The highest BCUT2D eigenvalue weighted by atomic mass is 16.4. The second kappa shape index (κ2) is 5.94. The van der Waals surface area contributed by atoms with E-state index in [1.54, 1.807) is 0 Å². The molecule has 0 spiro atoms. The Bertz CT molecular complexity index is 332. The summed E-state index contributed by atoms with van der Waals surface area (Å²) in [4.78, 5) is 0. The normalized spacial score (nSPS) is 11.5. The molecule has 3 heteroatoms. The molecule has 0 saturated heterocycles. The first-order chi connectivity index (χ1) is 6.86. The summed E-state index contributed by atoms with van der Waals surface area (Å²) in [5.41, 5.74) is 7.32. The first-order valence-electron chi connectivity index (χ1n) is 4.51. The lowest BCUT2D eigenvalue weighted by Crippen LogP contribution is -1.94. The van der Waals surface area contributed by atoms with Crippen molar-refractivity contribution in [2.75, 3.05) is 6.54 Å². The van der Waals surface area contributed by atoms with E-state index >= 15 is 0 Å². The van der Waals surface area contributed by atoms with E-state index in [-0.39, 0.29) is 0 Å². The summed E-state index contributed by atoms with van der Waals surface area (Å²) < 4.78 is 0. The lowest BCUT2D eigenvalue weighted by Gasteiger charge is -1.95. The van der Waals surface area contributed by atoms with Gasteiger partial charge in [-0.25, -0.2) is 0 Å². The molecule has 3 nitrogen and oxygen atoms in total. The minimum atomic E-state index is 0.661. The average molecular weight is 190 g/mol. The van der Waals surface area contributed by atoms with E-state index in [0.717, 1.165) is 17.5 Å². The third kappa shape index (κ3) is 3.41. The van der Waals surface area contributed by atoms with Crippen LogP contribution in [0.4, 0.5) is 0 Å². The van der Waals surface area contributed by atoms with E-state index in [1.807, 2.05) is 36.4 Å². The van der Waals surface area contributed by atoms with Gasteiger partial charge in [0.15, 0.2) is 0 Å². The fourth-order valence-corrected chi connectivity index (χ4v) is 1.13. The molecule has 0 fully saturated rings. The van der Waals surface area contributed by atoms with Crippen molar-refractivity contribution in [1.29, 1.82) is 0 Å². The zero-order chi connectivity index (χ0) is 10.2. The summed E-state index contributed by atoms with van der Waals surface area (Å²) in [5.74, 6) is 0. The highest BCUT2D eigenvalue weighted by Crippen LogP contribution is 2.05. The SMILES string of the molecule is NCCC=Cc1cccc(C=NO)c1. The van der Waals surface area contributed by atoms with Gasteiger partial charge in [0.1, 0.15) is 0 Å². The summed E-state index contributed by atoms with van der Waals surface area (Å²) in [6.45, 7) is 0.661. The predicted molar refractivity (Wildman–Crippen MR) is 58.5 cm³/mol. The Kier molecular flexibility index (Phi) is 4.44. The van der Waals surface area contributed by atoms with Crippen molar-refractivity contribution in [2.24, 2.45) is 10.9 Å². The van der Waals surface area contributed by atoms with Crippen LogP contribution >= 0.6 is 0 Å². The molecule has 14 heavy (non-hydrogen) atoms. The van der Waals surface area contributed by atoms with Crippen molar-refractivity contribution in [3.63, 3.8) is 0 Å². The van der Waals surface area contributed by atoms with Gasteiger partial charge in [-0.3, -0.25) is 0 Å². The number of hydrogen-bond acceptors (Lipinski definition) is 3. The second-order valence-corrected chi connectivity index (χ2v) is 2.89. The summed E-state index contributed by atoms with van der Waals surface area (Å²) in [6, 6.07) is 7.72. The highest BCUT2D eigenvalue weighted by molar-refractivity contribution is 5.80. The smallest absolute Gasteiger partial charge is 0.0734 e. The molecule has 0 bridgehead atoms. The van der Waals surface area contributed by atoms with Gasteiger partial charge in [-0.05, 0) is 30.2 Å². The zero-order valence-electron chi connectivity index (χ0n) is 7.93. The van der Waals surface area contributed by atoms with Crippen molar-refractivity contribution in [3.05, 3.63) is 41.5 Å². The number of nitrogens with zero attached hydrogens (tertiary/aromatic N) is 1. The van der Waals surface area contributed by atoms with Gasteiger partial charge in [0.25, 0.3) is 0 Å². The average Bonchev–Trinajstić information content (AvgIpc) is 2.19. The van der Waals surface area contributed by atoms with Crippen LogP contribution < -0.4 is 5.73 Å². The van der Waals surface area contributed by atoms with Gasteiger partial charge in [0, 0.05) is 0 Å². The molecule has 74 valence electrons. The Morgan fingerprint density at radius 1 is 1.36 bits per heavy atom. The maximum absolute atomic E-state index is 8.36. The van der Waals surface area contributed by atoms with E-state index < -0.39 is 0 Å². The lowest BCUT2D eigenvalue weighted by molar-refractivity contribution is 0.322. The fourth-order valence-electron chi connectivity index (χ4n) is 1.13. The molecule has 0 amide bonds. The van der Waals surface area contributed by atoms with E-state index in [9.17, 15) is 0 Å². The van der Waals surface area contributed by atoms with Gasteiger partial charge in [0.05, 0.1) is 6.21 Å². The maximum Gasteiger partial charge on any atom is 0.0734 e. The van der Waals surface area contributed by atoms with Crippen LogP contribution in [-0.4, -0.2) is 18.0 Å². The molecule has 0 aliphatic heterocycles. The van der Waals surface area contributed by atoms with Crippen LogP contribution in [0.2, 0.25) is 0 Å². The van der Waals surface area contributed by atoms with E-state index in [1.165, 1.54) is 6.21 Å². The molecule has 0 heterocycles. The van der Waals surface area contributed by atoms with Crippen molar-refractivity contribution >= 4 is 12.3 Å². The summed E-state index contributed by atoms with van der Waals surface area (Å²) in [5, 5.41) is 11.3. The Morgan fingerprint density at radius 2 is 2.14 bits per heavy atom. The van der Waals surface area contributed by atoms with Gasteiger partial charge >= 0.3 is 0 Å². The highest BCUT2D eigenvalue weighted by Gasteiger charge is 1.89. The third-order valence-corrected chi connectivity index (χ3v) is 1.76. The number of hydrogen-bond donors (Lipinski definition) is 2. The fraction of sp³-hybridized carbons (Fsp3) is 0.182. The molecule has 0 unspecified atom stereocenters. The Balaban J connectivity index is 2.73. The summed E-state index contributed by atoms with van der Waals surface area (Å²) in [7, 11) is 0. The van der Waals surface area contributed by atoms with Gasteiger partial charge in [-0.2, -0.15) is 0 Å². The molecule has 1 aromatic rings. The summed E-state index contributed by atoms with van der Waals surface area (Å²) >= 11 is 0. The third-order valence-electron chi connectivity index (χ3n) is 1.76. The van der Waals surface area contributed by atoms with Gasteiger partial charge in [-0.15, -0.1) is 0 Å². The Morgan fingerprint density at radius 3 is 2.86 bits per heavy atom. The van der Waals surface area contributed by atoms with Crippen LogP contribution in [0.5, 0.6) is 0 Å². The zero-order valence-corrected chi connectivity index (χ0v) is 7.93. The molecule has 0 saturated carbocycles. The van der Waals surface area contributed by atoms with Crippen LogP contribution in [-0.2, 0) is 0 Å². The molecule has 0 aliphatic carbocycles. The van der Waals surface area contributed by atoms with E-state index in [0.29, 0.717) is 6.54 Å². The van der Waals surface area contributed by atoms with Crippen molar-refractivity contribution in [3.8, 4) is 0 Å². The quantitative estimate of drug-likeness (QED) is 0.432. The maximum atomic E-state index is 8.36. The van der Waals surface area contributed by atoms with Crippen molar-refractivity contribution in [1.82, 2.24) is 0 Å². The first kappa shape index (κ1) is 10.5.